The molecule has 0 spiro atoms. The molecule has 7 heteroatoms. The number of anilines is 2. The Kier molecular flexibility index (Phi) is 5.64. The van der Waals surface area contributed by atoms with Crippen molar-refractivity contribution >= 4 is 27.9 Å². The molecule has 1 saturated heterocycles. The first-order valence-electron chi connectivity index (χ1n) is 9.68. The van der Waals surface area contributed by atoms with Crippen molar-refractivity contribution in [2.24, 2.45) is 5.92 Å². The Hall–Kier alpha value is -1.99. The first kappa shape index (κ1) is 19.3. The average molecular weight is 406 g/mol. The van der Waals surface area contributed by atoms with Gasteiger partial charge in [0.2, 0.25) is 5.92 Å². The van der Waals surface area contributed by atoms with Crippen LogP contribution in [-0.4, -0.2) is 31.6 Å². The summed E-state index contributed by atoms with van der Waals surface area (Å²) in [7, 11) is 0. The van der Waals surface area contributed by atoms with Crippen LogP contribution in [0.2, 0.25) is 0 Å². The van der Waals surface area contributed by atoms with E-state index in [1.807, 2.05) is 23.6 Å². The van der Waals surface area contributed by atoms with Gasteiger partial charge >= 0.3 is 0 Å². The van der Waals surface area contributed by atoms with E-state index in [0.717, 1.165) is 43.9 Å². The van der Waals surface area contributed by atoms with Crippen LogP contribution >= 0.6 is 11.3 Å². The molecule has 0 atom stereocenters. The van der Waals surface area contributed by atoms with Crippen LogP contribution in [0.1, 0.15) is 47.5 Å². The lowest BCUT2D eigenvalue weighted by Gasteiger charge is -2.34. The van der Waals surface area contributed by atoms with Crippen LogP contribution < -0.4 is 10.6 Å². The molecule has 4 nitrogen and oxygen atoms in total. The molecule has 1 amide bonds. The standard InChI is InChI=1S/C21H24F2N2O2S/c22-21(23)10-17(11-21)16-9-19(28-13-16)25-20(26)15-1-3-18(4-2-15)24-12-14-5-7-27-8-6-14/h1-4,9,13-14,17,24H,5-8,10-12H2,(H,25,26). The fraction of sp³-hybridized carbons (Fsp3) is 0.476. The largest absolute Gasteiger partial charge is 0.385 e. The number of hydrogen-bond acceptors (Lipinski definition) is 4. The molecule has 4 rings (SSSR count). The fourth-order valence-electron chi connectivity index (χ4n) is 3.66. The summed E-state index contributed by atoms with van der Waals surface area (Å²) in [5, 5.41) is 8.83. The third-order valence-electron chi connectivity index (χ3n) is 5.50. The Bertz CT molecular complexity index is 808. The molecule has 1 saturated carbocycles. The van der Waals surface area contributed by atoms with Crippen LogP contribution in [0.4, 0.5) is 19.5 Å². The molecule has 150 valence electrons. The smallest absolute Gasteiger partial charge is 0.256 e. The number of thiophene rings is 1. The van der Waals surface area contributed by atoms with Crippen molar-refractivity contribution < 1.29 is 18.3 Å². The zero-order valence-electron chi connectivity index (χ0n) is 15.5. The van der Waals surface area contributed by atoms with Gasteiger partial charge in [0, 0.05) is 43.9 Å². The number of hydrogen-bond donors (Lipinski definition) is 2. The molecule has 0 bridgehead atoms. The summed E-state index contributed by atoms with van der Waals surface area (Å²) < 4.78 is 31.4. The molecule has 1 aliphatic heterocycles. The summed E-state index contributed by atoms with van der Waals surface area (Å²) in [4.78, 5) is 12.4. The summed E-state index contributed by atoms with van der Waals surface area (Å²) >= 11 is 1.38. The van der Waals surface area contributed by atoms with Crippen molar-refractivity contribution in [1.82, 2.24) is 0 Å². The molecule has 2 aromatic rings. The summed E-state index contributed by atoms with van der Waals surface area (Å²) in [5.74, 6) is -2.20. The topological polar surface area (TPSA) is 50.4 Å². The van der Waals surface area contributed by atoms with E-state index < -0.39 is 5.92 Å². The predicted octanol–water partition coefficient (Wildman–Crippen LogP) is 5.35. The van der Waals surface area contributed by atoms with Gasteiger partial charge in [-0.3, -0.25) is 4.79 Å². The van der Waals surface area contributed by atoms with Gasteiger partial charge < -0.3 is 15.4 Å². The third-order valence-corrected chi connectivity index (χ3v) is 6.36. The van der Waals surface area contributed by atoms with Crippen LogP contribution in [0.15, 0.2) is 35.7 Å². The maximum atomic E-state index is 13.0. The zero-order chi connectivity index (χ0) is 19.6. The first-order chi connectivity index (χ1) is 13.5. The number of rotatable bonds is 6. The highest BCUT2D eigenvalue weighted by molar-refractivity contribution is 7.14. The van der Waals surface area contributed by atoms with Gasteiger partial charge in [0.05, 0.1) is 5.00 Å². The second-order valence-electron chi connectivity index (χ2n) is 7.67. The Balaban J connectivity index is 1.28. The SMILES string of the molecule is O=C(Nc1cc(C2CC(F)(F)C2)cs1)c1ccc(NCC2CCOCC2)cc1. The van der Waals surface area contributed by atoms with Gasteiger partial charge in [0.15, 0.2) is 0 Å². The molecule has 1 aliphatic carbocycles. The lowest BCUT2D eigenvalue weighted by atomic mass is 9.78. The molecule has 1 aromatic heterocycles. The van der Waals surface area contributed by atoms with Gasteiger partial charge in [0.1, 0.15) is 0 Å². The molecule has 2 aliphatic rings. The molecule has 28 heavy (non-hydrogen) atoms. The Morgan fingerprint density at radius 1 is 1.18 bits per heavy atom. The van der Waals surface area contributed by atoms with Gasteiger partial charge in [-0.15, -0.1) is 11.3 Å². The van der Waals surface area contributed by atoms with Crippen molar-refractivity contribution in [3.8, 4) is 0 Å². The van der Waals surface area contributed by atoms with Crippen molar-refractivity contribution in [2.75, 3.05) is 30.4 Å². The summed E-state index contributed by atoms with van der Waals surface area (Å²) in [6.45, 7) is 2.57. The van der Waals surface area contributed by atoms with Gasteiger partial charge in [-0.2, -0.15) is 0 Å². The molecule has 1 aromatic carbocycles. The molecule has 0 unspecified atom stereocenters. The second kappa shape index (κ2) is 8.17. The normalized spacial score (nSPS) is 19.8. The van der Waals surface area contributed by atoms with Gasteiger partial charge in [0.25, 0.3) is 5.91 Å². The highest BCUT2D eigenvalue weighted by atomic mass is 32.1. The molecular formula is C21H24F2N2O2S. The molecular weight excluding hydrogens is 382 g/mol. The van der Waals surface area contributed by atoms with Gasteiger partial charge in [-0.1, -0.05) is 0 Å². The van der Waals surface area contributed by atoms with Crippen molar-refractivity contribution in [1.29, 1.82) is 0 Å². The fourth-order valence-corrected chi connectivity index (χ4v) is 4.54. The maximum Gasteiger partial charge on any atom is 0.256 e. The number of halogens is 2. The van der Waals surface area contributed by atoms with E-state index in [9.17, 15) is 13.6 Å². The van der Waals surface area contributed by atoms with Crippen LogP contribution in [0.5, 0.6) is 0 Å². The van der Waals surface area contributed by atoms with E-state index in [-0.39, 0.29) is 24.7 Å². The van der Waals surface area contributed by atoms with Crippen LogP contribution in [0.3, 0.4) is 0 Å². The molecule has 2 heterocycles. The number of benzene rings is 1. The van der Waals surface area contributed by atoms with E-state index in [0.29, 0.717) is 16.5 Å². The van der Waals surface area contributed by atoms with E-state index >= 15 is 0 Å². The third kappa shape index (κ3) is 4.70. The minimum Gasteiger partial charge on any atom is -0.385 e. The van der Waals surface area contributed by atoms with Gasteiger partial charge in [-0.25, -0.2) is 8.78 Å². The molecule has 2 N–H and O–H groups in total. The lowest BCUT2D eigenvalue weighted by molar-refractivity contribution is -0.0866. The predicted molar refractivity (Wildman–Crippen MR) is 108 cm³/mol. The van der Waals surface area contributed by atoms with Crippen LogP contribution in [0, 0.1) is 5.92 Å². The summed E-state index contributed by atoms with van der Waals surface area (Å²) in [5.41, 5.74) is 2.45. The number of nitrogens with one attached hydrogen (secondary N) is 2. The van der Waals surface area contributed by atoms with Crippen molar-refractivity contribution in [3.63, 3.8) is 0 Å². The number of carbonyl (C=O) groups excluding carboxylic acids is 1. The number of carbonyl (C=O) groups is 1. The van der Waals surface area contributed by atoms with Crippen molar-refractivity contribution in [2.45, 2.75) is 37.5 Å². The Morgan fingerprint density at radius 2 is 1.89 bits per heavy atom. The summed E-state index contributed by atoms with van der Waals surface area (Å²) in [6, 6.07) is 9.21. The average Bonchev–Trinajstić information content (AvgIpc) is 3.14. The number of alkyl halides is 2. The summed E-state index contributed by atoms with van der Waals surface area (Å²) in [6.07, 6.45) is 1.96. The van der Waals surface area contributed by atoms with Crippen LogP contribution in [-0.2, 0) is 4.74 Å². The minimum absolute atomic E-state index is 0.0978. The van der Waals surface area contributed by atoms with Crippen LogP contribution in [0.25, 0.3) is 0 Å². The molecule has 2 fully saturated rings. The Morgan fingerprint density at radius 3 is 2.57 bits per heavy atom. The number of amides is 1. The highest BCUT2D eigenvalue weighted by Crippen LogP contribution is 2.49. The zero-order valence-corrected chi connectivity index (χ0v) is 16.4. The Labute approximate surface area is 167 Å². The van der Waals surface area contributed by atoms with E-state index in [1.54, 1.807) is 12.1 Å². The second-order valence-corrected chi connectivity index (χ2v) is 8.58. The quantitative estimate of drug-likeness (QED) is 0.680. The maximum absolute atomic E-state index is 13.0. The first-order valence-corrected chi connectivity index (χ1v) is 10.6. The van der Waals surface area contributed by atoms with Crippen molar-refractivity contribution in [3.05, 3.63) is 46.8 Å². The van der Waals surface area contributed by atoms with E-state index in [4.69, 9.17) is 4.74 Å². The van der Waals surface area contributed by atoms with Gasteiger partial charge in [-0.05, 0) is 66.0 Å². The van der Waals surface area contributed by atoms with E-state index in [1.165, 1.54) is 11.3 Å². The van der Waals surface area contributed by atoms with E-state index in [2.05, 4.69) is 10.6 Å². The lowest BCUT2D eigenvalue weighted by Crippen LogP contribution is -2.33. The number of ether oxygens (including phenoxy) is 1. The molecule has 0 radical (unpaired) electrons. The monoisotopic (exact) mass is 406 g/mol. The highest BCUT2D eigenvalue weighted by Gasteiger charge is 2.46. The minimum atomic E-state index is -2.53.